The maximum Gasteiger partial charge on any atom is 0.258 e. The van der Waals surface area contributed by atoms with Crippen LogP contribution < -0.4 is 10.1 Å². The van der Waals surface area contributed by atoms with E-state index in [0.717, 1.165) is 33.9 Å². The summed E-state index contributed by atoms with van der Waals surface area (Å²) in [6, 6.07) is 4.09. The fourth-order valence-electron chi connectivity index (χ4n) is 5.52. The van der Waals surface area contributed by atoms with Crippen LogP contribution in [0.15, 0.2) is 12.1 Å². The standard InChI is InChI=1S/C26H33NO4S/c1-14-10-17(11-15(2)24(14)31-13-21(30)27-8-9-28)6-7-20(29)25-18-12-19-23(26(19,4)5)22(18)16(3)32-25/h10-11,19,23,28H,6-9,12-13H2,1-5H3,(H,27,30)/t19-,23-/m1/s1. The van der Waals surface area contributed by atoms with E-state index in [0.29, 0.717) is 29.9 Å². The summed E-state index contributed by atoms with van der Waals surface area (Å²) in [4.78, 5) is 27.2. The van der Waals surface area contributed by atoms with Gasteiger partial charge < -0.3 is 15.2 Å². The number of fused-ring (bicyclic) bond motifs is 3. The van der Waals surface area contributed by atoms with Crippen LogP contribution in [-0.4, -0.2) is 36.6 Å². The fourth-order valence-corrected chi connectivity index (χ4v) is 6.72. The molecule has 172 valence electrons. The maximum absolute atomic E-state index is 13.1. The van der Waals surface area contributed by atoms with Gasteiger partial charge in [0.1, 0.15) is 5.75 Å². The van der Waals surface area contributed by atoms with Gasteiger partial charge in [-0.1, -0.05) is 26.0 Å². The van der Waals surface area contributed by atoms with Crippen molar-refractivity contribution in [2.24, 2.45) is 11.3 Å². The lowest BCUT2D eigenvalue weighted by molar-refractivity contribution is -0.123. The van der Waals surface area contributed by atoms with Gasteiger partial charge in [-0.3, -0.25) is 9.59 Å². The quantitative estimate of drug-likeness (QED) is 0.554. The van der Waals surface area contributed by atoms with E-state index in [1.54, 1.807) is 11.3 Å². The van der Waals surface area contributed by atoms with E-state index < -0.39 is 0 Å². The van der Waals surface area contributed by atoms with Crippen LogP contribution in [0.3, 0.4) is 0 Å². The Hall–Kier alpha value is -2.18. The molecule has 2 N–H and O–H groups in total. The molecule has 1 aromatic heterocycles. The third kappa shape index (κ3) is 4.11. The molecule has 0 saturated heterocycles. The van der Waals surface area contributed by atoms with Crippen molar-refractivity contribution in [2.45, 2.75) is 59.8 Å². The number of benzene rings is 1. The number of Topliss-reactive ketones (excluding diaryl/α,β-unsaturated/α-hetero) is 1. The monoisotopic (exact) mass is 455 g/mol. The van der Waals surface area contributed by atoms with Crippen molar-refractivity contribution in [3.8, 4) is 5.75 Å². The van der Waals surface area contributed by atoms with Gasteiger partial charge in [-0.05, 0) is 78.7 Å². The summed E-state index contributed by atoms with van der Waals surface area (Å²) in [5.74, 6) is 2.07. The number of nitrogens with one attached hydrogen (secondary N) is 1. The van der Waals surface area contributed by atoms with Crippen LogP contribution in [0, 0.1) is 32.1 Å². The summed E-state index contributed by atoms with van der Waals surface area (Å²) in [6.07, 6.45) is 2.27. The highest BCUT2D eigenvalue weighted by Gasteiger charge is 2.63. The lowest BCUT2D eigenvalue weighted by atomic mass is 9.93. The lowest BCUT2D eigenvalue weighted by Crippen LogP contribution is -2.31. The van der Waals surface area contributed by atoms with Crippen molar-refractivity contribution >= 4 is 23.0 Å². The van der Waals surface area contributed by atoms with Gasteiger partial charge in [0, 0.05) is 17.8 Å². The Bertz CT molecular complexity index is 1050. The molecular weight excluding hydrogens is 422 g/mol. The molecule has 0 radical (unpaired) electrons. The number of ether oxygens (including phenoxy) is 1. The van der Waals surface area contributed by atoms with E-state index in [-0.39, 0.29) is 31.4 Å². The zero-order valence-electron chi connectivity index (χ0n) is 19.6. The molecule has 1 heterocycles. The Kier molecular flexibility index (Phi) is 6.21. The van der Waals surface area contributed by atoms with Crippen LogP contribution in [0.1, 0.15) is 68.6 Å². The van der Waals surface area contributed by atoms with E-state index in [4.69, 9.17) is 9.84 Å². The molecule has 2 aliphatic rings. The van der Waals surface area contributed by atoms with Gasteiger partial charge in [0.15, 0.2) is 12.4 Å². The van der Waals surface area contributed by atoms with Gasteiger partial charge >= 0.3 is 0 Å². The molecular formula is C26H33NO4S. The molecule has 6 heteroatoms. The smallest absolute Gasteiger partial charge is 0.258 e. The van der Waals surface area contributed by atoms with E-state index in [1.807, 2.05) is 26.0 Å². The van der Waals surface area contributed by atoms with Crippen molar-refractivity contribution in [3.63, 3.8) is 0 Å². The van der Waals surface area contributed by atoms with Crippen LogP contribution in [0.5, 0.6) is 5.75 Å². The molecule has 0 spiro atoms. The summed E-state index contributed by atoms with van der Waals surface area (Å²) in [6.45, 7) is 10.8. The van der Waals surface area contributed by atoms with Crippen LogP contribution in [0.25, 0.3) is 0 Å². The summed E-state index contributed by atoms with van der Waals surface area (Å²) in [5, 5.41) is 11.4. The summed E-state index contributed by atoms with van der Waals surface area (Å²) in [7, 11) is 0. The Morgan fingerprint density at radius 3 is 2.56 bits per heavy atom. The average molecular weight is 456 g/mol. The van der Waals surface area contributed by atoms with Gasteiger partial charge in [0.25, 0.3) is 5.91 Å². The summed E-state index contributed by atoms with van der Waals surface area (Å²) < 4.78 is 5.70. The van der Waals surface area contributed by atoms with Crippen molar-refractivity contribution < 1.29 is 19.4 Å². The number of hydrogen-bond acceptors (Lipinski definition) is 5. The number of amides is 1. The highest BCUT2D eigenvalue weighted by molar-refractivity contribution is 7.14. The van der Waals surface area contributed by atoms with Gasteiger partial charge in [-0.25, -0.2) is 0 Å². The minimum atomic E-state index is -0.257. The molecule has 5 nitrogen and oxygen atoms in total. The molecule has 1 amide bonds. The van der Waals surface area contributed by atoms with E-state index in [2.05, 4.69) is 26.1 Å². The number of aliphatic hydroxyl groups is 1. The Labute approximate surface area is 194 Å². The minimum Gasteiger partial charge on any atom is -0.483 e. The predicted octanol–water partition coefficient (Wildman–Crippen LogP) is 4.27. The first kappa shape index (κ1) is 23.0. The normalized spacial score (nSPS) is 19.9. The summed E-state index contributed by atoms with van der Waals surface area (Å²) in [5.41, 5.74) is 6.24. The number of thiophene rings is 1. The molecule has 1 saturated carbocycles. The van der Waals surface area contributed by atoms with Crippen LogP contribution in [0.2, 0.25) is 0 Å². The van der Waals surface area contributed by atoms with Gasteiger partial charge in [-0.15, -0.1) is 11.3 Å². The maximum atomic E-state index is 13.1. The number of aryl methyl sites for hydroxylation is 4. The predicted molar refractivity (Wildman–Crippen MR) is 127 cm³/mol. The van der Waals surface area contributed by atoms with E-state index in [9.17, 15) is 9.59 Å². The molecule has 32 heavy (non-hydrogen) atoms. The van der Waals surface area contributed by atoms with Crippen LogP contribution >= 0.6 is 11.3 Å². The number of aliphatic hydroxyl groups excluding tert-OH is 1. The topological polar surface area (TPSA) is 75.6 Å². The molecule has 2 aromatic rings. The first-order valence-corrected chi connectivity index (χ1v) is 12.2. The third-order valence-corrected chi connectivity index (χ3v) is 8.42. The Morgan fingerprint density at radius 2 is 1.91 bits per heavy atom. The molecule has 2 aliphatic carbocycles. The summed E-state index contributed by atoms with van der Waals surface area (Å²) >= 11 is 1.69. The highest BCUT2D eigenvalue weighted by Crippen LogP contribution is 2.71. The minimum absolute atomic E-state index is 0.0822. The third-order valence-electron chi connectivity index (χ3n) is 7.21. The molecule has 1 fully saturated rings. The number of carbonyl (C=O) groups is 2. The largest absolute Gasteiger partial charge is 0.483 e. The van der Waals surface area contributed by atoms with Crippen molar-refractivity contribution in [2.75, 3.05) is 19.8 Å². The second-order valence-electron chi connectivity index (χ2n) is 9.83. The first-order chi connectivity index (χ1) is 15.1. The van der Waals surface area contributed by atoms with E-state index in [1.165, 1.54) is 16.0 Å². The number of ketones is 1. The molecule has 0 unspecified atom stereocenters. The molecule has 0 aliphatic heterocycles. The average Bonchev–Trinajstić information content (AvgIpc) is 3.04. The number of carbonyl (C=O) groups excluding carboxylic acids is 2. The molecule has 0 bridgehead atoms. The lowest BCUT2D eigenvalue weighted by Gasteiger charge is -2.14. The second-order valence-corrected chi connectivity index (χ2v) is 11.1. The SMILES string of the molecule is Cc1cc(CCC(=O)c2sc(C)c3c2C[C@@H]2[C@H]3C2(C)C)cc(C)c1OCC(=O)NCCO. The van der Waals surface area contributed by atoms with Crippen molar-refractivity contribution in [1.82, 2.24) is 5.32 Å². The fraction of sp³-hybridized carbons (Fsp3) is 0.538. The Balaban J connectivity index is 1.39. The van der Waals surface area contributed by atoms with Gasteiger partial charge in [0.05, 0.1) is 11.5 Å². The second kappa shape index (κ2) is 8.64. The number of hydrogen-bond donors (Lipinski definition) is 2. The van der Waals surface area contributed by atoms with Crippen molar-refractivity contribution in [1.29, 1.82) is 0 Å². The van der Waals surface area contributed by atoms with E-state index >= 15 is 0 Å². The van der Waals surface area contributed by atoms with Crippen molar-refractivity contribution in [3.05, 3.63) is 49.7 Å². The van der Waals surface area contributed by atoms with Gasteiger partial charge in [-0.2, -0.15) is 0 Å². The van der Waals surface area contributed by atoms with Crippen LogP contribution in [-0.2, 0) is 17.6 Å². The Morgan fingerprint density at radius 1 is 1.22 bits per heavy atom. The highest BCUT2D eigenvalue weighted by atomic mass is 32.1. The zero-order valence-corrected chi connectivity index (χ0v) is 20.4. The first-order valence-electron chi connectivity index (χ1n) is 11.4. The van der Waals surface area contributed by atoms with Gasteiger partial charge in [0.2, 0.25) is 0 Å². The van der Waals surface area contributed by atoms with Crippen LogP contribution in [0.4, 0.5) is 0 Å². The molecule has 2 atom stereocenters. The number of rotatable bonds is 9. The zero-order chi connectivity index (χ0) is 23.2. The molecule has 1 aromatic carbocycles. The molecule has 4 rings (SSSR count).